The minimum Gasteiger partial charge on any atom is -0.454 e. The molecule has 0 aliphatic carbocycles. The highest BCUT2D eigenvalue weighted by atomic mass is 19.1. The van der Waals surface area contributed by atoms with E-state index in [-0.39, 0.29) is 30.4 Å². The van der Waals surface area contributed by atoms with E-state index in [4.69, 9.17) is 14.0 Å². The van der Waals surface area contributed by atoms with Gasteiger partial charge in [0.15, 0.2) is 11.5 Å². The number of halogens is 1. The Morgan fingerprint density at radius 2 is 2.06 bits per heavy atom. The molecule has 2 amide bonds. The normalized spacial score (nSPS) is 17.6. The molecule has 0 bridgehead atoms. The van der Waals surface area contributed by atoms with E-state index in [1.807, 2.05) is 0 Å². The fourth-order valence-electron chi connectivity index (χ4n) is 3.93. The SMILES string of the molecule is O=C(Nc1ccc2c(c1)OCO2)N1CCCC(Cc2nc(-c3ccccc3F)no2)C1. The average molecular weight is 424 g/mol. The van der Waals surface area contributed by atoms with E-state index in [0.29, 0.717) is 48.2 Å². The van der Waals surface area contributed by atoms with Crippen LogP contribution in [0.25, 0.3) is 11.4 Å². The Morgan fingerprint density at radius 1 is 1.19 bits per heavy atom. The van der Waals surface area contributed by atoms with Crippen LogP contribution in [0, 0.1) is 11.7 Å². The van der Waals surface area contributed by atoms with Crippen molar-refractivity contribution in [2.45, 2.75) is 19.3 Å². The van der Waals surface area contributed by atoms with Gasteiger partial charge in [-0.25, -0.2) is 9.18 Å². The number of aromatic nitrogens is 2. The molecule has 2 aliphatic heterocycles. The number of benzene rings is 2. The lowest BCUT2D eigenvalue weighted by molar-refractivity contribution is 0.173. The molecule has 1 atom stereocenters. The van der Waals surface area contributed by atoms with Gasteiger partial charge >= 0.3 is 6.03 Å². The van der Waals surface area contributed by atoms with Gasteiger partial charge in [-0.05, 0) is 43.0 Å². The van der Waals surface area contributed by atoms with Crippen LogP contribution < -0.4 is 14.8 Å². The van der Waals surface area contributed by atoms with Gasteiger partial charge in [0.05, 0.1) is 5.56 Å². The molecular formula is C22H21FN4O4. The van der Waals surface area contributed by atoms with Crippen molar-refractivity contribution in [3.63, 3.8) is 0 Å². The van der Waals surface area contributed by atoms with Crippen molar-refractivity contribution in [1.82, 2.24) is 15.0 Å². The summed E-state index contributed by atoms with van der Waals surface area (Å²) in [7, 11) is 0. The van der Waals surface area contributed by atoms with Crippen LogP contribution in [-0.2, 0) is 6.42 Å². The zero-order valence-corrected chi connectivity index (χ0v) is 16.7. The highest BCUT2D eigenvalue weighted by Crippen LogP contribution is 2.34. The number of nitrogens with one attached hydrogen (secondary N) is 1. The lowest BCUT2D eigenvalue weighted by Crippen LogP contribution is -2.42. The molecule has 160 valence electrons. The van der Waals surface area contributed by atoms with Crippen LogP contribution >= 0.6 is 0 Å². The Balaban J connectivity index is 1.21. The van der Waals surface area contributed by atoms with E-state index in [1.165, 1.54) is 6.07 Å². The summed E-state index contributed by atoms with van der Waals surface area (Å²) in [6.45, 7) is 1.44. The molecule has 8 nitrogen and oxygen atoms in total. The number of piperidine rings is 1. The summed E-state index contributed by atoms with van der Waals surface area (Å²) >= 11 is 0. The molecule has 2 aliphatic rings. The first-order valence-corrected chi connectivity index (χ1v) is 10.2. The van der Waals surface area contributed by atoms with Crippen molar-refractivity contribution in [2.75, 3.05) is 25.2 Å². The molecule has 5 rings (SSSR count). The van der Waals surface area contributed by atoms with Gasteiger partial charge < -0.3 is 24.2 Å². The predicted octanol–water partition coefficient (Wildman–Crippen LogP) is 4.09. The molecule has 3 heterocycles. The summed E-state index contributed by atoms with van der Waals surface area (Å²) in [6.07, 6.45) is 2.37. The molecule has 1 aromatic heterocycles. The van der Waals surface area contributed by atoms with Crippen LogP contribution in [0.1, 0.15) is 18.7 Å². The molecule has 9 heteroatoms. The number of rotatable bonds is 4. The van der Waals surface area contributed by atoms with Crippen LogP contribution in [0.3, 0.4) is 0 Å². The number of urea groups is 1. The van der Waals surface area contributed by atoms with Crippen molar-refractivity contribution in [3.05, 3.63) is 54.2 Å². The van der Waals surface area contributed by atoms with Gasteiger partial charge in [0, 0.05) is 31.3 Å². The van der Waals surface area contributed by atoms with Crippen LogP contribution in [0.2, 0.25) is 0 Å². The molecule has 31 heavy (non-hydrogen) atoms. The van der Waals surface area contributed by atoms with Gasteiger partial charge in [0.1, 0.15) is 5.82 Å². The predicted molar refractivity (Wildman–Crippen MR) is 109 cm³/mol. The Morgan fingerprint density at radius 3 is 2.97 bits per heavy atom. The first-order valence-electron chi connectivity index (χ1n) is 10.2. The Hall–Kier alpha value is -3.62. The fraction of sp³-hybridized carbons (Fsp3) is 0.318. The lowest BCUT2D eigenvalue weighted by Gasteiger charge is -2.32. The van der Waals surface area contributed by atoms with Crippen molar-refractivity contribution < 1.29 is 23.2 Å². The number of likely N-dealkylation sites (tertiary alicyclic amines) is 1. The third-order valence-electron chi connectivity index (χ3n) is 5.48. The lowest BCUT2D eigenvalue weighted by atomic mass is 9.95. The number of carbonyl (C=O) groups excluding carboxylic acids is 1. The number of hydrogen-bond donors (Lipinski definition) is 1. The quantitative estimate of drug-likeness (QED) is 0.679. The van der Waals surface area contributed by atoms with Gasteiger partial charge in [-0.2, -0.15) is 4.98 Å². The summed E-state index contributed by atoms with van der Waals surface area (Å²) in [5, 5.41) is 6.83. The summed E-state index contributed by atoms with van der Waals surface area (Å²) < 4.78 is 29.9. The molecule has 0 spiro atoms. The molecule has 1 fully saturated rings. The molecule has 0 radical (unpaired) electrons. The van der Waals surface area contributed by atoms with Crippen molar-refractivity contribution >= 4 is 11.7 Å². The zero-order chi connectivity index (χ0) is 21.2. The van der Waals surface area contributed by atoms with Gasteiger partial charge in [0.2, 0.25) is 18.5 Å². The number of hydrogen-bond acceptors (Lipinski definition) is 6. The molecule has 0 saturated carbocycles. The number of anilines is 1. The second kappa shape index (κ2) is 8.25. The summed E-state index contributed by atoms with van der Waals surface area (Å²) in [6, 6.07) is 11.5. The zero-order valence-electron chi connectivity index (χ0n) is 16.7. The van der Waals surface area contributed by atoms with Gasteiger partial charge in [0.25, 0.3) is 0 Å². The molecule has 1 saturated heterocycles. The largest absolute Gasteiger partial charge is 0.454 e. The van der Waals surface area contributed by atoms with Gasteiger partial charge in [-0.3, -0.25) is 0 Å². The van der Waals surface area contributed by atoms with E-state index in [9.17, 15) is 9.18 Å². The standard InChI is InChI=1S/C22H21FN4O4/c23-17-6-2-1-5-16(17)21-25-20(31-26-21)10-14-4-3-9-27(12-14)22(28)24-15-7-8-18-19(11-15)30-13-29-18/h1-2,5-8,11,14H,3-4,9-10,12-13H2,(H,24,28). The Labute approximate surface area is 178 Å². The van der Waals surface area contributed by atoms with Gasteiger partial charge in [-0.15, -0.1) is 0 Å². The molecule has 1 unspecified atom stereocenters. The number of carbonyl (C=O) groups is 1. The second-order valence-electron chi connectivity index (χ2n) is 7.65. The van der Waals surface area contributed by atoms with Crippen molar-refractivity contribution in [3.8, 4) is 22.9 Å². The molecule has 3 aromatic rings. The Kier molecular flexibility index (Phi) is 5.15. The number of nitrogens with zero attached hydrogens (tertiary/aromatic N) is 3. The van der Waals surface area contributed by atoms with Crippen LogP contribution in [-0.4, -0.2) is 41.0 Å². The number of amides is 2. The van der Waals surface area contributed by atoms with E-state index in [2.05, 4.69) is 15.5 Å². The van der Waals surface area contributed by atoms with E-state index >= 15 is 0 Å². The summed E-state index contributed by atoms with van der Waals surface area (Å²) in [4.78, 5) is 18.9. The third-order valence-corrected chi connectivity index (χ3v) is 5.48. The van der Waals surface area contributed by atoms with E-state index in [0.717, 1.165) is 12.8 Å². The molecular weight excluding hydrogens is 403 g/mol. The third kappa shape index (κ3) is 4.16. The fourth-order valence-corrected chi connectivity index (χ4v) is 3.93. The van der Waals surface area contributed by atoms with Crippen molar-refractivity contribution in [1.29, 1.82) is 0 Å². The number of fused-ring (bicyclic) bond motifs is 1. The average Bonchev–Trinajstić information content (AvgIpc) is 3.43. The minimum atomic E-state index is -0.390. The highest BCUT2D eigenvalue weighted by Gasteiger charge is 2.26. The maximum Gasteiger partial charge on any atom is 0.321 e. The Bertz CT molecular complexity index is 1100. The van der Waals surface area contributed by atoms with Crippen LogP contribution in [0.4, 0.5) is 14.9 Å². The maximum atomic E-state index is 13.9. The van der Waals surface area contributed by atoms with Crippen LogP contribution in [0.5, 0.6) is 11.5 Å². The summed E-state index contributed by atoms with van der Waals surface area (Å²) in [5.74, 6) is 1.77. The topological polar surface area (TPSA) is 89.7 Å². The minimum absolute atomic E-state index is 0.166. The van der Waals surface area contributed by atoms with E-state index in [1.54, 1.807) is 41.3 Å². The van der Waals surface area contributed by atoms with E-state index < -0.39 is 0 Å². The second-order valence-corrected chi connectivity index (χ2v) is 7.65. The molecule has 2 aromatic carbocycles. The first kappa shape index (κ1) is 19.3. The van der Waals surface area contributed by atoms with Crippen LogP contribution in [0.15, 0.2) is 47.0 Å². The molecule has 1 N–H and O–H groups in total. The monoisotopic (exact) mass is 424 g/mol. The highest BCUT2D eigenvalue weighted by molar-refractivity contribution is 5.89. The summed E-state index contributed by atoms with van der Waals surface area (Å²) in [5.41, 5.74) is 0.966. The smallest absolute Gasteiger partial charge is 0.321 e. The maximum absolute atomic E-state index is 13.9. The first-order chi connectivity index (χ1) is 15.2. The number of ether oxygens (including phenoxy) is 2. The van der Waals surface area contributed by atoms with Crippen molar-refractivity contribution in [2.24, 2.45) is 5.92 Å². The van der Waals surface area contributed by atoms with Gasteiger partial charge in [-0.1, -0.05) is 17.3 Å².